The summed E-state index contributed by atoms with van der Waals surface area (Å²) in [5.41, 5.74) is 3.71. The fourth-order valence-electron chi connectivity index (χ4n) is 3.15. The normalized spacial score (nSPS) is 11.5. The smallest absolute Gasteiger partial charge is 0.325 e. The topological polar surface area (TPSA) is 46.9 Å². The number of benzene rings is 2. The molecule has 0 fully saturated rings. The van der Waals surface area contributed by atoms with Crippen LogP contribution in [0.25, 0.3) is 11.3 Å². The van der Waals surface area contributed by atoms with Crippen molar-refractivity contribution in [1.29, 1.82) is 0 Å². The molecule has 0 aliphatic rings. The number of thioether (sulfide) groups is 1. The van der Waals surface area contributed by atoms with Gasteiger partial charge in [-0.05, 0) is 30.0 Å². The molecule has 0 aliphatic carbocycles. The number of nitrogens with one attached hydrogen (secondary N) is 1. The Balaban J connectivity index is 1.78. The van der Waals surface area contributed by atoms with Crippen molar-refractivity contribution in [3.63, 3.8) is 0 Å². The lowest BCUT2D eigenvalue weighted by atomic mass is 10.1. The van der Waals surface area contributed by atoms with Crippen molar-refractivity contribution in [2.24, 2.45) is 0 Å². The Hall–Kier alpha value is -2.74. The third-order valence-electron chi connectivity index (χ3n) is 4.56. The highest BCUT2D eigenvalue weighted by atomic mass is 32.2. The number of carbonyl (C=O) groups excluding carboxylic acids is 1. The van der Waals surface area contributed by atoms with Gasteiger partial charge in [-0.3, -0.25) is 4.79 Å². The lowest BCUT2D eigenvalue weighted by Crippen LogP contribution is -2.20. The maximum Gasteiger partial charge on any atom is 0.406 e. The number of imidazole rings is 1. The first-order chi connectivity index (χ1) is 14.3. The molecule has 158 valence electrons. The summed E-state index contributed by atoms with van der Waals surface area (Å²) in [5, 5.41) is 3.04. The van der Waals surface area contributed by atoms with E-state index in [2.05, 4.69) is 10.3 Å². The molecule has 0 unspecified atom stereocenters. The molecule has 4 nitrogen and oxygen atoms in total. The van der Waals surface area contributed by atoms with E-state index in [1.165, 1.54) is 6.20 Å². The van der Waals surface area contributed by atoms with Crippen molar-refractivity contribution in [3.8, 4) is 11.3 Å². The number of hydrogen-bond acceptors (Lipinski definition) is 3. The number of amides is 1. The maximum absolute atomic E-state index is 13.2. The highest BCUT2D eigenvalue weighted by molar-refractivity contribution is 7.99. The molecule has 0 saturated heterocycles. The summed E-state index contributed by atoms with van der Waals surface area (Å²) in [6.45, 7) is 2.74. The highest BCUT2D eigenvalue weighted by Gasteiger charge is 2.31. The second kappa shape index (κ2) is 9.38. The molecule has 0 aliphatic heterocycles. The number of halogens is 3. The molecule has 1 amide bonds. The first kappa shape index (κ1) is 22.0. The molecular formula is C22H22F3N3OS. The van der Waals surface area contributed by atoms with Crippen molar-refractivity contribution in [3.05, 3.63) is 65.9 Å². The summed E-state index contributed by atoms with van der Waals surface area (Å²) in [6.07, 6.45) is -2.22. The second-order valence-electron chi connectivity index (χ2n) is 6.79. The molecule has 3 rings (SSSR count). The van der Waals surface area contributed by atoms with Gasteiger partial charge < -0.3 is 9.88 Å². The van der Waals surface area contributed by atoms with Crippen molar-refractivity contribution >= 4 is 23.4 Å². The molecule has 1 heterocycles. The van der Waals surface area contributed by atoms with Crippen LogP contribution in [0.15, 0.2) is 59.9 Å². The molecule has 0 spiro atoms. The number of aryl methyl sites for hydroxylation is 2. The third kappa shape index (κ3) is 5.44. The molecule has 0 radical (unpaired) electrons. The van der Waals surface area contributed by atoms with Gasteiger partial charge in [0.1, 0.15) is 6.54 Å². The molecule has 3 aromatic rings. The number of carbonyl (C=O) groups is 1. The minimum Gasteiger partial charge on any atom is -0.325 e. The zero-order valence-corrected chi connectivity index (χ0v) is 17.5. The lowest BCUT2D eigenvalue weighted by molar-refractivity contribution is -0.141. The molecule has 30 heavy (non-hydrogen) atoms. The van der Waals surface area contributed by atoms with Gasteiger partial charge in [-0.15, -0.1) is 0 Å². The minimum absolute atomic E-state index is 0.0411. The first-order valence-electron chi connectivity index (χ1n) is 9.47. The molecule has 8 heteroatoms. The highest BCUT2D eigenvalue weighted by Crippen LogP contribution is 2.30. The molecule has 2 aromatic carbocycles. The van der Waals surface area contributed by atoms with E-state index in [9.17, 15) is 18.0 Å². The number of alkyl halides is 3. The van der Waals surface area contributed by atoms with Gasteiger partial charge in [0.25, 0.3) is 0 Å². The van der Waals surface area contributed by atoms with E-state index >= 15 is 0 Å². The van der Waals surface area contributed by atoms with E-state index in [0.717, 1.165) is 39.6 Å². The molecular weight excluding hydrogens is 411 g/mol. The monoisotopic (exact) mass is 433 g/mol. The molecule has 0 saturated carbocycles. The van der Waals surface area contributed by atoms with Crippen LogP contribution in [0.1, 0.15) is 18.1 Å². The first-order valence-corrected chi connectivity index (χ1v) is 10.5. The average Bonchev–Trinajstić information content (AvgIpc) is 3.09. The van der Waals surface area contributed by atoms with Gasteiger partial charge in [0.05, 0.1) is 17.6 Å². The van der Waals surface area contributed by atoms with E-state index in [1.54, 1.807) is 30.3 Å². The summed E-state index contributed by atoms with van der Waals surface area (Å²) < 4.78 is 40.6. The summed E-state index contributed by atoms with van der Waals surface area (Å²) in [7, 11) is 0. The molecule has 1 N–H and O–H groups in total. The lowest BCUT2D eigenvalue weighted by Gasteiger charge is -2.15. The fraction of sp³-hybridized carbons (Fsp3) is 0.273. The van der Waals surface area contributed by atoms with E-state index < -0.39 is 12.7 Å². The predicted octanol–water partition coefficient (Wildman–Crippen LogP) is 5.71. The SMILES string of the molecule is CCc1cccc(C)c1NC(=O)CSc1ncc(-c2ccccc2)n1CC(F)(F)F. The van der Waals surface area contributed by atoms with E-state index in [-0.39, 0.29) is 16.8 Å². The Kier molecular flexibility index (Phi) is 6.87. The van der Waals surface area contributed by atoms with Crippen molar-refractivity contribution < 1.29 is 18.0 Å². The van der Waals surface area contributed by atoms with Crippen LogP contribution in [0.3, 0.4) is 0 Å². The molecule has 0 atom stereocenters. The van der Waals surface area contributed by atoms with Crippen LogP contribution >= 0.6 is 11.8 Å². The van der Waals surface area contributed by atoms with Crippen LogP contribution in [-0.2, 0) is 17.8 Å². The van der Waals surface area contributed by atoms with Crippen molar-refractivity contribution in [2.45, 2.75) is 38.1 Å². The third-order valence-corrected chi connectivity index (χ3v) is 5.55. The summed E-state index contributed by atoms with van der Waals surface area (Å²) >= 11 is 0.990. The van der Waals surface area contributed by atoms with Gasteiger partial charge in [0.15, 0.2) is 5.16 Å². The number of nitrogens with zero attached hydrogens (tertiary/aromatic N) is 2. The summed E-state index contributed by atoms with van der Waals surface area (Å²) in [4.78, 5) is 16.6. The Morgan fingerprint density at radius 1 is 1.13 bits per heavy atom. The van der Waals surface area contributed by atoms with Gasteiger partial charge in [-0.2, -0.15) is 13.2 Å². The van der Waals surface area contributed by atoms with Gasteiger partial charge in [-0.1, -0.05) is 67.2 Å². The van der Waals surface area contributed by atoms with Crippen molar-refractivity contribution in [1.82, 2.24) is 9.55 Å². The van der Waals surface area contributed by atoms with Gasteiger partial charge in [0, 0.05) is 5.69 Å². The Labute approximate surface area is 177 Å². The van der Waals surface area contributed by atoms with Gasteiger partial charge >= 0.3 is 6.18 Å². The minimum atomic E-state index is -4.40. The Bertz CT molecular complexity index is 1020. The summed E-state index contributed by atoms with van der Waals surface area (Å²) in [6, 6.07) is 14.6. The van der Waals surface area contributed by atoms with Crippen LogP contribution in [0, 0.1) is 6.92 Å². The second-order valence-corrected chi connectivity index (χ2v) is 7.74. The van der Waals surface area contributed by atoms with Crippen LogP contribution in [0.5, 0.6) is 0 Å². The standard InChI is InChI=1S/C22H22F3N3OS/c1-3-16-11-7-8-15(2)20(16)27-19(29)13-30-21-26-12-18(17-9-5-4-6-10-17)28(21)14-22(23,24)25/h4-12H,3,13-14H2,1-2H3,(H,27,29). The van der Waals surface area contributed by atoms with Crippen LogP contribution in [-0.4, -0.2) is 27.4 Å². The molecule has 1 aromatic heterocycles. The quantitative estimate of drug-likeness (QED) is 0.485. The number of anilines is 1. The zero-order chi connectivity index (χ0) is 21.7. The van der Waals surface area contributed by atoms with E-state index in [4.69, 9.17) is 0 Å². The zero-order valence-electron chi connectivity index (χ0n) is 16.7. The predicted molar refractivity (Wildman–Crippen MR) is 114 cm³/mol. The molecule has 0 bridgehead atoms. The number of aromatic nitrogens is 2. The number of rotatable bonds is 7. The van der Waals surface area contributed by atoms with E-state index in [1.807, 2.05) is 32.0 Å². The van der Waals surface area contributed by atoms with Gasteiger partial charge in [-0.25, -0.2) is 4.98 Å². The number of para-hydroxylation sites is 1. The maximum atomic E-state index is 13.2. The van der Waals surface area contributed by atoms with Gasteiger partial charge in [0.2, 0.25) is 5.91 Å². The Morgan fingerprint density at radius 3 is 2.53 bits per heavy atom. The summed E-state index contributed by atoms with van der Waals surface area (Å²) in [5.74, 6) is -0.326. The van der Waals surface area contributed by atoms with E-state index in [0.29, 0.717) is 11.3 Å². The number of hydrogen-bond donors (Lipinski definition) is 1. The largest absolute Gasteiger partial charge is 0.406 e. The van der Waals surface area contributed by atoms with Crippen molar-refractivity contribution in [2.75, 3.05) is 11.1 Å². The van der Waals surface area contributed by atoms with Crippen LogP contribution in [0.4, 0.5) is 18.9 Å². The average molecular weight is 433 g/mol. The Morgan fingerprint density at radius 2 is 1.87 bits per heavy atom. The van der Waals surface area contributed by atoms with Crippen LogP contribution in [0.2, 0.25) is 0 Å². The fourth-order valence-corrected chi connectivity index (χ4v) is 3.93. The van der Waals surface area contributed by atoms with Crippen LogP contribution < -0.4 is 5.32 Å².